The summed E-state index contributed by atoms with van der Waals surface area (Å²) in [6.45, 7) is 4.73. The van der Waals surface area contributed by atoms with Crippen LogP contribution < -0.4 is 16.0 Å². The van der Waals surface area contributed by atoms with Gasteiger partial charge in [-0.25, -0.2) is 14.5 Å². The van der Waals surface area contributed by atoms with E-state index in [1.54, 1.807) is 16.9 Å². The molecule has 3 heterocycles. The number of hydrogen-bond acceptors (Lipinski definition) is 8. The molecule has 0 saturated heterocycles. The highest BCUT2D eigenvalue weighted by molar-refractivity contribution is 5.93. The SMILES string of the molecule is CCC(=O)NC[C@H](C)N[C@H]1C[C@@H](C(=O)Nc2cc3cc(-c4cnc(CO[C@H]5CCC[C@@H]5O)nc4)ccn3n2)C1. The maximum absolute atomic E-state index is 12.7. The molecule has 2 aliphatic rings. The number of aliphatic hydroxyl groups is 1. The number of aliphatic hydroxyl groups excluding tert-OH is 1. The van der Waals surface area contributed by atoms with Crippen LogP contribution in [0.3, 0.4) is 0 Å². The number of fused-ring (bicyclic) bond motifs is 1. The van der Waals surface area contributed by atoms with Gasteiger partial charge < -0.3 is 25.8 Å². The van der Waals surface area contributed by atoms with Gasteiger partial charge in [0.2, 0.25) is 11.8 Å². The number of aromatic nitrogens is 4. The molecule has 0 aromatic carbocycles. The summed E-state index contributed by atoms with van der Waals surface area (Å²) in [7, 11) is 0. The van der Waals surface area contributed by atoms with Gasteiger partial charge in [-0.05, 0) is 56.7 Å². The average Bonchev–Trinajstić information content (AvgIpc) is 3.52. The lowest BCUT2D eigenvalue weighted by atomic mass is 9.79. The number of carbonyl (C=O) groups excluding carboxylic acids is 2. The van der Waals surface area contributed by atoms with Crippen LogP contribution in [0, 0.1) is 5.92 Å². The molecule has 5 rings (SSSR count). The molecule has 2 aliphatic carbocycles. The van der Waals surface area contributed by atoms with Gasteiger partial charge >= 0.3 is 0 Å². The summed E-state index contributed by atoms with van der Waals surface area (Å²) in [4.78, 5) is 33.0. The molecule has 11 nitrogen and oxygen atoms in total. The minimum Gasteiger partial charge on any atom is -0.390 e. The lowest BCUT2D eigenvalue weighted by Gasteiger charge is -2.36. The fraction of sp³-hybridized carbons (Fsp3) is 0.536. The first kappa shape index (κ1) is 27.2. The lowest BCUT2D eigenvalue weighted by molar-refractivity contribution is -0.123. The largest absolute Gasteiger partial charge is 0.390 e. The van der Waals surface area contributed by atoms with E-state index in [0.717, 1.165) is 48.7 Å². The maximum atomic E-state index is 12.7. The molecule has 2 saturated carbocycles. The topological polar surface area (TPSA) is 143 Å². The zero-order chi connectivity index (χ0) is 27.4. The molecular weight excluding hydrogens is 498 g/mol. The minimum atomic E-state index is -0.398. The van der Waals surface area contributed by atoms with E-state index >= 15 is 0 Å². The summed E-state index contributed by atoms with van der Waals surface area (Å²) in [5.41, 5.74) is 2.66. The number of rotatable bonds is 11. The molecule has 208 valence electrons. The molecule has 11 heteroatoms. The highest BCUT2D eigenvalue weighted by Crippen LogP contribution is 2.29. The van der Waals surface area contributed by atoms with Crippen molar-refractivity contribution in [3.8, 4) is 11.1 Å². The van der Waals surface area contributed by atoms with E-state index in [2.05, 4.69) is 31.0 Å². The first-order valence-corrected chi connectivity index (χ1v) is 13.8. The number of anilines is 1. The van der Waals surface area contributed by atoms with Gasteiger partial charge in [0, 0.05) is 61.2 Å². The van der Waals surface area contributed by atoms with Gasteiger partial charge in [-0.3, -0.25) is 9.59 Å². The van der Waals surface area contributed by atoms with Gasteiger partial charge in [-0.15, -0.1) is 0 Å². The van der Waals surface area contributed by atoms with Crippen LogP contribution in [0.15, 0.2) is 36.8 Å². The van der Waals surface area contributed by atoms with Crippen molar-refractivity contribution in [3.05, 3.63) is 42.6 Å². The van der Waals surface area contributed by atoms with E-state index < -0.39 is 6.10 Å². The van der Waals surface area contributed by atoms with Gasteiger partial charge in [0.1, 0.15) is 6.61 Å². The van der Waals surface area contributed by atoms with Gasteiger partial charge in [0.15, 0.2) is 11.6 Å². The Hall–Kier alpha value is -3.41. The molecule has 0 bridgehead atoms. The molecule has 3 atom stereocenters. The minimum absolute atomic E-state index is 0.0278. The number of hydrogen-bond donors (Lipinski definition) is 4. The zero-order valence-electron chi connectivity index (χ0n) is 22.5. The molecule has 0 radical (unpaired) electrons. The molecule has 39 heavy (non-hydrogen) atoms. The Morgan fingerprint density at radius 2 is 1.97 bits per heavy atom. The number of nitrogens with zero attached hydrogens (tertiary/aromatic N) is 4. The van der Waals surface area contributed by atoms with Crippen LogP contribution in [0.4, 0.5) is 5.82 Å². The molecule has 0 aliphatic heterocycles. The van der Waals surface area contributed by atoms with E-state index in [0.29, 0.717) is 24.6 Å². The van der Waals surface area contributed by atoms with Crippen molar-refractivity contribution >= 4 is 23.1 Å². The summed E-state index contributed by atoms with van der Waals surface area (Å²) in [5.74, 6) is 1.06. The highest BCUT2D eigenvalue weighted by atomic mass is 16.5. The molecule has 2 fully saturated rings. The molecule has 4 N–H and O–H groups in total. The van der Waals surface area contributed by atoms with Crippen molar-refractivity contribution in [2.75, 3.05) is 11.9 Å². The monoisotopic (exact) mass is 535 g/mol. The normalized spacial score (nSPS) is 23.4. The van der Waals surface area contributed by atoms with Gasteiger partial charge in [0.05, 0.1) is 17.7 Å². The van der Waals surface area contributed by atoms with Crippen molar-refractivity contribution < 1.29 is 19.4 Å². The lowest BCUT2D eigenvalue weighted by Crippen LogP contribution is -2.51. The number of pyridine rings is 1. The van der Waals surface area contributed by atoms with E-state index in [-0.39, 0.29) is 42.5 Å². The van der Waals surface area contributed by atoms with Crippen molar-refractivity contribution in [1.29, 1.82) is 0 Å². The first-order valence-electron chi connectivity index (χ1n) is 13.8. The van der Waals surface area contributed by atoms with Gasteiger partial charge in [-0.2, -0.15) is 5.10 Å². The molecule has 0 spiro atoms. The average molecular weight is 536 g/mol. The molecule has 3 aromatic heterocycles. The van der Waals surface area contributed by atoms with Crippen LogP contribution in [-0.4, -0.2) is 67.3 Å². The number of amides is 2. The predicted octanol–water partition coefficient (Wildman–Crippen LogP) is 2.44. The Balaban J connectivity index is 1.11. The second kappa shape index (κ2) is 12.2. The van der Waals surface area contributed by atoms with Crippen LogP contribution in [0.25, 0.3) is 16.6 Å². The quantitative estimate of drug-likeness (QED) is 0.293. The smallest absolute Gasteiger partial charge is 0.228 e. The Morgan fingerprint density at radius 1 is 1.18 bits per heavy atom. The van der Waals surface area contributed by atoms with Crippen molar-refractivity contribution in [1.82, 2.24) is 30.2 Å². The standard InChI is InChI=1S/C28H37N7O4/c1-3-27(37)31-13-17(2)32-21-9-19(10-21)28(38)33-25-12-22-11-18(7-8-35(22)34-25)20-14-29-26(30-15-20)16-39-24-6-4-5-23(24)36/h7-8,11-12,14-15,17,19,21,23-24,32,36H,3-6,9-10,13,16H2,1-2H3,(H,31,37)(H,33,34,38)/t17-,19-,21+,23-,24-/m0/s1. The fourth-order valence-corrected chi connectivity index (χ4v) is 5.15. The third kappa shape index (κ3) is 6.78. The molecule has 0 unspecified atom stereocenters. The summed E-state index contributed by atoms with van der Waals surface area (Å²) in [5, 5.41) is 23.7. The number of nitrogens with one attached hydrogen (secondary N) is 3. The fourth-order valence-electron chi connectivity index (χ4n) is 5.15. The molecule has 2 amide bonds. The third-order valence-corrected chi connectivity index (χ3v) is 7.55. The van der Waals surface area contributed by atoms with Gasteiger partial charge in [-0.1, -0.05) is 6.92 Å². The third-order valence-electron chi connectivity index (χ3n) is 7.55. The van der Waals surface area contributed by atoms with Crippen LogP contribution in [-0.2, 0) is 20.9 Å². The first-order chi connectivity index (χ1) is 18.9. The van der Waals surface area contributed by atoms with Crippen molar-refractivity contribution in [3.63, 3.8) is 0 Å². The Labute approximate surface area is 227 Å². The van der Waals surface area contributed by atoms with Crippen LogP contribution >= 0.6 is 0 Å². The maximum Gasteiger partial charge on any atom is 0.228 e. The van der Waals surface area contributed by atoms with Crippen LogP contribution in [0.1, 0.15) is 58.2 Å². The summed E-state index contributed by atoms with van der Waals surface area (Å²) in [6.07, 6.45) is 9.48. The Bertz CT molecular complexity index is 1290. The highest BCUT2D eigenvalue weighted by Gasteiger charge is 2.35. The van der Waals surface area contributed by atoms with E-state index in [1.807, 2.05) is 38.2 Å². The second-order valence-electron chi connectivity index (χ2n) is 10.6. The van der Waals surface area contributed by atoms with Crippen LogP contribution in [0.2, 0.25) is 0 Å². The Morgan fingerprint density at radius 3 is 2.69 bits per heavy atom. The van der Waals surface area contributed by atoms with Crippen LogP contribution in [0.5, 0.6) is 0 Å². The van der Waals surface area contributed by atoms with Gasteiger partial charge in [0.25, 0.3) is 0 Å². The second-order valence-corrected chi connectivity index (χ2v) is 10.6. The predicted molar refractivity (Wildman–Crippen MR) is 146 cm³/mol. The van der Waals surface area contributed by atoms with E-state index in [9.17, 15) is 14.7 Å². The zero-order valence-corrected chi connectivity index (χ0v) is 22.5. The van der Waals surface area contributed by atoms with E-state index in [4.69, 9.17) is 4.74 Å². The summed E-state index contributed by atoms with van der Waals surface area (Å²) < 4.78 is 7.50. The number of carbonyl (C=O) groups is 2. The van der Waals surface area contributed by atoms with Crippen molar-refractivity contribution in [2.24, 2.45) is 5.92 Å². The summed E-state index contributed by atoms with van der Waals surface area (Å²) in [6, 6.07) is 6.19. The Kier molecular flexibility index (Phi) is 8.49. The molecular formula is C28H37N7O4. The van der Waals surface area contributed by atoms with Crippen molar-refractivity contribution in [2.45, 2.75) is 83.3 Å². The number of ether oxygens (including phenoxy) is 1. The summed E-state index contributed by atoms with van der Waals surface area (Å²) >= 11 is 0. The molecule has 3 aromatic rings. The van der Waals surface area contributed by atoms with E-state index in [1.165, 1.54) is 0 Å².